The molecule has 0 aliphatic heterocycles. The molecule has 0 saturated heterocycles. The zero-order valence-corrected chi connectivity index (χ0v) is 12.6. The summed E-state index contributed by atoms with van der Waals surface area (Å²) in [6.45, 7) is 4.49. The van der Waals surface area contributed by atoms with Crippen LogP contribution in [-0.2, 0) is 6.54 Å². The van der Waals surface area contributed by atoms with Crippen LogP contribution in [0.5, 0.6) is 0 Å². The summed E-state index contributed by atoms with van der Waals surface area (Å²) in [5.41, 5.74) is 3.80. The van der Waals surface area contributed by atoms with Crippen molar-refractivity contribution in [3.05, 3.63) is 38.0 Å². The van der Waals surface area contributed by atoms with Crippen molar-refractivity contribution in [2.75, 3.05) is 5.32 Å². The number of hydrogen-bond acceptors (Lipinski definition) is 4. The summed E-state index contributed by atoms with van der Waals surface area (Å²) in [6, 6.07) is 4.11. The van der Waals surface area contributed by atoms with Crippen molar-refractivity contribution in [2.45, 2.75) is 20.4 Å². The summed E-state index contributed by atoms with van der Waals surface area (Å²) in [7, 11) is 0. The van der Waals surface area contributed by atoms with Gasteiger partial charge in [0.05, 0.1) is 12.2 Å². The smallest absolute Gasteiger partial charge is 0.127 e. The second kappa shape index (κ2) is 5.18. The number of hydrogen-bond donors (Lipinski definition) is 1. The molecule has 90 valence electrons. The number of benzene rings is 1. The first-order chi connectivity index (χ1) is 8.08. The first-order valence-electron chi connectivity index (χ1n) is 5.05. The highest BCUT2D eigenvalue weighted by Crippen LogP contribution is 2.32. The van der Waals surface area contributed by atoms with Crippen LogP contribution in [0.25, 0.3) is 0 Å². The Morgan fingerprint density at radius 2 is 1.82 bits per heavy atom. The van der Waals surface area contributed by atoms with Gasteiger partial charge in [-0.15, -0.1) is 0 Å². The van der Waals surface area contributed by atoms with E-state index in [1.807, 2.05) is 13.8 Å². The normalized spacial score (nSPS) is 10.6. The van der Waals surface area contributed by atoms with Crippen molar-refractivity contribution in [1.29, 1.82) is 0 Å². The van der Waals surface area contributed by atoms with E-state index in [1.54, 1.807) is 0 Å². The number of nitrogens with one attached hydrogen (secondary N) is 1. The zero-order chi connectivity index (χ0) is 12.4. The Labute approximate surface area is 116 Å². The van der Waals surface area contributed by atoms with Gasteiger partial charge in [-0.05, 0) is 63.4 Å². The van der Waals surface area contributed by atoms with Crippen LogP contribution in [0.1, 0.15) is 17.0 Å². The molecule has 0 radical (unpaired) electrons. The van der Waals surface area contributed by atoms with Crippen molar-refractivity contribution in [2.24, 2.45) is 0 Å². The molecule has 0 fully saturated rings. The predicted molar refractivity (Wildman–Crippen MR) is 72.9 cm³/mol. The monoisotopic (exact) mass is 359 g/mol. The van der Waals surface area contributed by atoms with E-state index in [1.165, 1.54) is 5.56 Å². The average Bonchev–Trinajstić information content (AvgIpc) is 2.62. The van der Waals surface area contributed by atoms with Gasteiger partial charge in [-0.3, -0.25) is 0 Å². The average molecular weight is 361 g/mol. The van der Waals surface area contributed by atoms with Gasteiger partial charge in [-0.1, -0.05) is 10.3 Å². The van der Waals surface area contributed by atoms with Gasteiger partial charge < -0.3 is 5.32 Å². The van der Waals surface area contributed by atoms with Gasteiger partial charge in [-0.25, -0.2) is 4.63 Å². The lowest BCUT2D eigenvalue weighted by Crippen LogP contribution is -2.03. The van der Waals surface area contributed by atoms with Crippen molar-refractivity contribution in [3.8, 4) is 0 Å². The number of nitrogens with zero attached hydrogens (tertiary/aromatic N) is 2. The number of halogens is 2. The van der Waals surface area contributed by atoms with E-state index in [0.717, 1.165) is 26.0 Å². The minimum absolute atomic E-state index is 0.579. The van der Waals surface area contributed by atoms with E-state index in [4.69, 9.17) is 0 Å². The molecule has 0 atom stereocenters. The quantitative estimate of drug-likeness (QED) is 0.903. The third-order valence-corrected chi connectivity index (χ3v) is 3.62. The highest BCUT2D eigenvalue weighted by atomic mass is 79.9. The number of anilines is 1. The van der Waals surface area contributed by atoms with Gasteiger partial charge in [0.25, 0.3) is 0 Å². The van der Waals surface area contributed by atoms with Crippen LogP contribution in [0, 0.1) is 13.8 Å². The van der Waals surface area contributed by atoms with E-state index in [-0.39, 0.29) is 0 Å². The van der Waals surface area contributed by atoms with E-state index in [0.29, 0.717) is 6.54 Å². The van der Waals surface area contributed by atoms with E-state index in [9.17, 15) is 0 Å². The molecule has 1 aromatic heterocycles. The Morgan fingerprint density at radius 3 is 2.35 bits per heavy atom. The molecule has 17 heavy (non-hydrogen) atoms. The molecule has 1 aromatic carbocycles. The van der Waals surface area contributed by atoms with Crippen LogP contribution in [-0.4, -0.2) is 10.3 Å². The first kappa shape index (κ1) is 12.6. The fraction of sp³-hybridized carbons (Fsp3) is 0.273. The zero-order valence-electron chi connectivity index (χ0n) is 9.42. The van der Waals surface area contributed by atoms with Crippen molar-refractivity contribution >= 4 is 37.5 Å². The number of rotatable bonds is 3. The molecule has 0 aliphatic rings. The molecule has 1 N–H and O–H groups in total. The third-order valence-electron chi connectivity index (χ3n) is 2.37. The van der Waals surface area contributed by atoms with Gasteiger partial charge >= 0.3 is 0 Å². The largest absolute Gasteiger partial charge is 0.377 e. The summed E-state index contributed by atoms with van der Waals surface area (Å²) in [4.78, 5) is 0. The fourth-order valence-electron chi connectivity index (χ4n) is 1.45. The molecule has 2 rings (SSSR count). The van der Waals surface area contributed by atoms with E-state index < -0.39 is 0 Å². The lowest BCUT2D eigenvalue weighted by atomic mass is 10.2. The van der Waals surface area contributed by atoms with Gasteiger partial charge in [0.2, 0.25) is 0 Å². The van der Waals surface area contributed by atoms with Crippen LogP contribution >= 0.6 is 31.9 Å². The van der Waals surface area contributed by atoms with Gasteiger partial charge in [0.15, 0.2) is 0 Å². The van der Waals surface area contributed by atoms with Crippen molar-refractivity contribution in [1.82, 2.24) is 10.3 Å². The Kier molecular flexibility index (Phi) is 3.83. The second-order valence-electron chi connectivity index (χ2n) is 3.75. The maximum Gasteiger partial charge on any atom is 0.127 e. The van der Waals surface area contributed by atoms with Crippen LogP contribution in [0.4, 0.5) is 5.69 Å². The Hall–Kier alpha value is -0.880. The minimum atomic E-state index is 0.579. The second-order valence-corrected chi connectivity index (χ2v) is 5.46. The van der Waals surface area contributed by atoms with Gasteiger partial charge in [0.1, 0.15) is 11.4 Å². The maximum absolute atomic E-state index is 4.65. The van der Waals surface area contributed by atoms with Gasteiger partial charge in [-0.2, -0.15) is 0 Å². The third kappa shape index (κ3) is 2.87. The molecule has 0 saturated carbocycles. The SMILES string of the molecule is Cc1cc(Br)c(NCc2nonc2C)c(Br)c1. The van der Waals surface area contributed by atoms with Crippen molar-refractivity contribution in [3.63, 3.8) is 0 Å². The number of aromatic nitrogens is 2. The highest BCUT2D eigenvalue weighted by molar-refractivity contribution is 9.11. The first-order valence-corrected chi connectivity index (χ1v) is 6.64. The molecule has 4 nitrogen and oxygen atoms in total. The molecule has 2 aromatic rings. The summed E-state index contributed by atoms with van der Waals surface area (Å²) >= 11 is 7.06. The number of aryl methyl sites for hydroxylation is 2. The van der Waals surface area contributed by atoms with Crippen LogP contribution in [0.15, 0.2) is 25.7 Å². The molecule has 0 unspecified atom stereocenters. The molecular weight excluding hydrogens is 350 g/mol. The van der Waals surface area contributed by atoms with Crippen LogP contribution in [0.3, 0.4) is 0 Å². The molecular formula is C11H11Br2N3O. The molecule has 0 spiro atoms. The summed E-state index contributed by atoms with van der Waals surface area (Å²) in [5, 5.41) is 10.9. The van der Waals surface area contributed by atoms with Crippen molar-refractivity contribution < 1.29 is 4.63 Å². The van der Waals surface area contributed by atoms with Gasteiger partial charge in [0, 0.05) is 8.95 Å². The minimum Gasteiger partial charge on any atom is -0.377 e. The molecule has 0 aliphatic carbocycles. The van der Waals surface area contributed by atoms with Crippen LogP contribution < -0.4 is 5.32 Å². The molecule has 1 heterocycles. The Morgan fingerprint density at radius 1 is 1.18 bits per heavy atom. The lowest BCUT2D eigenvalue weighted by molar-refractivity contribution is 0.301. The topological polar surface area (TPSA) is 51.0 Å². The maximum atomic E-state index is 4.65. The van der Waals surface area contributed by atoms with E-state index in [2.05, 4.69) is 64.3 Å². The van der Waals surface area contributed by atoms with Crippen LogP contribution in [0.2, 0.25) is 0 Å². The molecule has 0 amide bonds. The standard InChI is InChI=1S/C11H11Br2N3O/c1-6-3-8(12)11(9(13)4-6)14-5-10-7(2)15-17-16-10/h3-4,14H,5H2,1-2H3. The van der Waals surface area contributed by atoms with E-state index >= 15 is 0 Å². The summed E-state index contributed by atoms with van der Waals surface area (Å²) in [6.07, 6.45) is 0. The fourth-order valence-corrected chi connectivity index (χ4v) is 3.15. The Bertz CT molecular complexity index is 516. The summed E-state index contributed by atoms with van der Waals surface area (Å²) in [5.74, 6) is 0. The lowest BCUT2D eigenvalue weighted by Gasteiger charge is -2.10. The highest BCUT2D eigenvalue weighted by Gasteiger charge is 2.09. The molecule has 0 bridgehead atoms. The predicted octanol–water partition coefficient (Wildman–Crippen LogP) is 3.82. The Balaban J connectivity index is 2.17. The summed E-state index contributed by atoms with van der Waals surface area (Å²) < 4.78 is 6.67. The molecule has 6 heteroatoms.